The highest BCUT2D eigenvalue weighted by molar-refractivity contribution is 9.09. The predicted molar refractivity (Wildman–Crippen MR) is 156 cm³/mol. The van der Waals surface area contributed by atoms with Gasteiger partial charge < -0.3 is 24.5 Å². The van der Waals surface area contributed by atoms with Gasteiger partial charge in [-0.2, -0.15) is 0 Å². The number of ether oxygens (including phenoxy) is 1. The van der Waals surface area contributed by atoms with Crippen LogP contribution in [-0.4, -0.2) is 98.4 Å². The summed E-state index contributed by atoms with van der Waals surface area (Å²) in [4.78, 5) is 48.1. The van der Waals surface area contributed by atoms with Crippen molar-refractivity contribution in [3.63, 3.8) is 0 Å². The summed E-state index contributed by atoms with van der Waals surface area (Å²) in [6, 6.07) is -1.55. The van der Waals surface area contributed by atoms with Crippen LogP contribution in [0.2, 0.25) is 0 Å². The van der Waals surface area contributed by atoms with Crippen molar-refractivity contribution >= 4 is 33.7 Å². The summed E-state index contributed by atoms with van der Waals surface area (Å²) in [7, 11) is 0. The average molecular weight is 611 g/mol. The normalized spacial score (nSPS) is 31.5. The fourth-order valence-corrected chi connectivity index (χ4v) is 8.03. The number of rotatable bonds is 15. The number of fused-ring (bicyclic) bond motifs is 1. The number of amides is 3. The van der Waals surface area contributed by atoms with Crippen LogP contribution in [0.15, 0.2) is 25.3 Å². The van der Waals surface area contributed by atoms with E-state index in [-0.39, 0.29) is 41.1 Å². The number of carbonyl (C=O) groups excluding carboxylic acids is 3. The summed E-state index contributed by atoms with van der Waals surface area (Å²) in [5.74, 6) is -2.13. The van der Waals surface area contributed by atoms with E-state index < -0.39 is 35.6 Å². The third-order valence-electron chi connectivity index (χ3n) is 9.09. The van der Waals surface area contributed by atoms with E-state index in [1.165, 1.54) is 0 Å². The fraction of sp³-hybridized carbons (Fsp3) is 0.767. The second kappa shape index (κ2) is 13.3. The van der Waals surface area contributed by atoms with Crippen molar-refractivity contribution < 1.29 is 24.2 Å². The number of nitrogens with zero attached hydrogens (tertiary/aromatic N) is 3. The minimum Gasteiger partial charge on any atom is -0.394 e. The Morgan fingerprint density at radius 2 is 1.85 bits per heavy atom. The lowest BCUT2D eigenvalue weighted by atomic mass is 9.70. The van der Waals surface area contributed by atoms with Gasteiger partial charge in [-0.1, -0.05) is 68.6 Å². The summed E-state index contributed by atoms with van der Waals surface area (Å²) in [5, 5.41) is 10.6. The number of halogens is 1. The maximum absolute atomic E-state index is 14.6. The number of aliphatic hydroxyl groups is 1. The van der Waals surface area contributed by atoms with Gasteiger partial charge in [0.2, 0.25) is 17.7 Å². The number of aliphatic hydroxyl groups excluding tert-OH is 1. The average Bonchev–Trinajstić information content (AvgIpc) is 3.50. The SMILES string of the molecule is C=CCN(CCC)C(=O)[C@H]1[C@@H]2OC3(CC2Br)C(C(=O)N(CC=C)C(C)CCC)N([C@@H](CO)[C@@H](C)CC)C(=O)[C@H]13. The van der Waals surface area contributed by atoms with Gasteiger partial charge in [-0.05, 0) is 32.1 Å². The lowest BCUT2D eigenvalue weighted by molar-refractivity contribution is -0.154. The predicted octanol–water partition coefficient (Wildman–Crippen LogP) is 3.77. The van der Waals surface area contributed by atoms with Crippen molar-refractivity contribution in [3.8, 4) is 0 Å². The Bertz CT molecular complexity index is 930. The number of likely N-dealkylation sites (tertiary alicyclic amines) is 1. The van der Waals surface area contributed by atoms with Crippen LogP contribution in [0.5, 0.6) is 0 Å². The minimum absolute atomic E-state index is 0.0473. The van der Waals surface area contributed by atoms with Gasteiger partial charge in [0.05, 0.1) is 30.6 Å². The molecule has 0 aromatic heterocycles. The molecular weight excluding hydrogens is 562 g/mol. The highest BCUT2D eigenvalue weighted by atomic mass is 79.9. The van der Waals surface area contributed by atoms with Crippen LogP contribution < -0.4 is 0 Å². The Balaban J connectivity index is 2.17. The summed E-state index contributed by atoms with van der Waals surface area (Å²) in [6.07, 6.45) is 6.57. The molecule has 0 aliphatic carbocycles. The molecule has 0 aromatic carbocycles. The first-order valence-electron chi connectivity index (χ1n) is 14.7. The van der Waals surface area contributed by atoms with E-state index in [1.54, 1.807) is 26.9 Å². The van der Waals surface area contributed by atoms with Gasteiger partial charge in [-0.25, -0.2) is 0 Å². The van der Waals surface area contributed by atoms with E-state index in [0.717, 1.165) is 25.7 Å². The van der Waals surface area contributed by atoms with Gasteiger partial charge >= 0.3 is 0 Å². The first-order chi connectivity index (χ1) is 18.6. The van der Waals surface area contributed by atoms with Crippen LogP contribution in [0.4, 0.5) is 0 Å². The zero-order valence-electron chi connectivity index (χ0n) is 24.4. The maximum Gasteiger partial charge on any atom is 0.248 e. The third-order valence-corrected chi connectivity index (χ3v) is 9.94. The van der Waals surface area contributed by atoms with E-state index in [4.69, 9.17) is 4.74 Å². The smallest absolute Gasteiger partial charge is 0.248 e. The molecule has 3 aliphatic rings. The van der Waals surface area contributed by atoms with Crippen LogP contribution in [-0.2, 0) is 19.1 Å². The standard InChI is InChI=1S/C30H48BrN3O5/c1-8-13-20(7)33(16-11-4)29(38)26-30-17-21(31)25(39-30)23(27(36)32(14-9-2)15-10-3)24(30)28(37)34(26)22(18-35)19(6)12-5/h9,11,19-26,35H,2,4,8,10,12-18H2,1,3,5-7H3/t19-,20?,21?,22-,23+,24-,25+,26?,30?/m0/s1. The highest BCUT2D eigenvalue weighted by Crippen LogP contribution is 2.61. The van der Waals surface area contributed by atoms with Gasteiger partial charge in [-0.15, -0.1) is 13.2 Å². The topological polar surface area (TPSA) is 90.4 Å². The van der Waals surface area contributed by atoms with Crippen molar-refractivity contribution in [2.75, 3.05) is 26.2 Å². The van der Waals surface area contributed by atoms with Gasteiger partial charge in [-0.3, -0.25) is 14.4 Å². The van der Waals surface area contributed by atoms with Crippen LogP contribution >= 0.6 is 15.9 Å². The monoisotopic (exact) mass is 609 g/mol. The Hall–Kier alpha value is -1.71. The quantitative estimate of drug-likeness (QED) is 0.225. The van der Waals surface area contributed by atoms with Crippen molar-refractivity contribution in [1.29, 1.82) is 0 Å². The van der Waals surface area contributed by atoms with E-state index in [9.17, 15) is 19.5 Å². The van der Waals surface area contributed by atoms with Crippen LogP contribution in [0.3, 0.4) is 0 Å². The lowest BCUT2D eigenvalue weighted by Gasteiger charge is -2.42. The number of alkyl halides is 1. The van der Waals surface area contributed by atoms with Gasteiger partial charge in [0.15, 0.2) is 0 Å². The van der Waals surface area contributed by atoms with Gasteiger partial charge in [0, 0.05) is 30.5 Å². The summed E-state index contributed by atoms with van der Waals surface area (Å²) >= 11 is 3.76. The fourth-order valence-electron chi connectivity index (χ4n) is 7.09. The molecule has 3 heterocycles. The zero-order valence-corrected chi connectivity index (χ0v) is 25.9. The molecule has 0 saturated carbocycles. The molecule has 1 spiro atoms. The molecular formula is C30H48BrN3O5. The zero-order chi connectivity index (χ0) is 29.1. The largest absolute Gasteiger partial charge is 0.394 e. The molecule has 3 amide bonds. The molecule has 3 aliphatic heterocycles. The van der Waals surface area contributed by atoms with Crippen molar-refractivity contribution in [2.45, 2.75) is 101 Å². The summed E-state index contributed by atoms with van der Waals surface area (Å²) < 4.78 is 6.71. The molecule has 3 fully saturated rings. The molecule has 9 heteroatoms. The molecule has 3 saturated heterocycles. The minimum atomic E-state index is -1.15. The Labute approximate surface area is 242 Å². The number of carbonyl (C=O) groups is 3. The highest BCUT2D eigenvalue weighted by Gasteiger charge is 2.77. The van der Waals surface area contributed by atoms with Crippen LogP contribution in [0.25, 0.3) is 0 Å². The maximum atomic E-state index is 14.6. The first kappa shape index (κ1) is 31.8. The second-order valence-corrected chi connectivity index (χ2v) is 12.7. The van der Waals surface area contributed by atoms with Crippen LogP contribution in [0, 0.1) is 17.8 Å². The summed E-state index contributed by atoms with van der Waals surface area (Å²) in [5.41, 5.74) is -1.15. The second-order valence-electron chi connectivity index (χ2n) is 11.5. The van der Waals surface area contributed by atoms with E-state index >= 15 is 0 Å². The van der Waals surface area contributed by atoms with E-state index in [1.807, 2.05) is 27.7 Å². The molecule has 220 valence electrons. The van der Waals surface area contributed by atoms with Crippen molar-refractivity contribution in [2.24, 2.45) is 17.8 Å². The molecule has 0 aromatic rings. The van der Waals surface area contributed by atoms with Crippen molar-refractivity contribution in [3.05, 3.63) is 25.3 Å². The van der Waals surface area contributed by atoms with Crippen molar-refractivity contribution in [1.82, 2.24) is 14.7 Å². The van der Waals surface area contributed by atoms with Gasteiger partial charge in [0.25, 0.3) is 0 Å². The molecule has 2 bridgehead atoms. The van der Waals surface area contributed by atoms with Crippen LogP contribution in [0.1, 0.15) is 66.7 Å². The Morgan fingerprint density at radius 3 is 2.38 bits per heavy atom. The molecule has 3 rings (SSSR count). The Kier molecular flexibility index (Phi) is 10.9. The van der Waals surface area contributed by atoms with E-state index in [0.29, 0.717) is 26.1 Å². The molecule has 0 radical (unpaired) electrons. The number of hydrogen-bond donors (Lipinski definition) is 1. The molecule has 39 heavy (non-hydrogen) atoms. The number of hydrogen-bond acceptors (Lipinski definition) is 5. The van der Waals surface area contributed by atoms with Gasteiger partial charge in [0.1, 0.15) is 11.6 Å². The molecule has 1 N–H and O–H groups in total. The molecule has 9 atom stereocenters. The third kappa shape index (κ3) is 5.47. The Morgan fingerprint density at radius 1 is 1.18 bits per heavy atom. The van der Waals surface area contributed by atoms with E-state index in [2.05, 4.69) is 36.0 Å². The lowest BCUT2D eigenvalue weighted by Crippen LogP contribution is -2.61. The first-order valence-corrected chi connectivity index (χ1v) is 15.6. The summed E-state index contributed by atoms with van der Waals surface area (Å²) in [6.45, 7) is 18.8. The molecule has 4 unspecified atom stereocenters. The molecule has 8 nitrogen and oxygen atoms in total.